The number of hydrogen-bond acceptors (Lipinski definition) is 4. The Balaban J connectivity index is 1.95. The Hall–Kier alpha value is -1.43. The summed E-state index contributed by atoms with van der Waals surface area (Å²) in [5, 5.41) is 0. The number of benzene rings is 1. The topological polar surface area (TPSA) is 64.8 Å². The molecule has 5 heteroatoms. The number of hydrogen-bond donors (Lipinski definition) is 1. The highest BCUT2D eigenvalue weighted by Crippen LogP contribution is 2.22. The quantitative estimate of drug-likeness (QED) is 0.706. The second-order valence-corrected chi connectivity index (χ2v) is 6.01. The molecule has 0 spiro atoms. The van der Waals surface area contributed by atoms with Gasteiger partial charge in [0.15, 0.2) is 0 Å². The van der Waals surface area contributed by atoms with Crippen LogP contribution < -0.4 is 5.73 Å². The van der Waals surface area contributed by atoms with Gasteiger partial charge in [0.25, 0.3) is 5.91 Å². The summed E-state index contributed by atoms with van der Waals surface area (Å²) in [6, 6.07) is 10.1. The molecule has 2 rings (SSSR count). The zero-order chi connectivity index (χ0) is 16.5. The predicted molar refractivity (Wildman–Crippen MR) is 89.9 cm³/mol. The molecule has 1 aromatic carbocycles. The van der Waals surface area contributed by atoms with Crippen molar-refractivity contribution in [2.75, 3.05) is 26.8 Å². The predicted octanol–water partition coefficient (Wildman–Crippen LogP) is 1.95. The molecule has 1 fully saturated rings. The van der Waals surface area contributed by atoms with Crippen LogP contribution in [0, 0.1) is 0 Å². The Labute approximate surface area is 138 Å². The van der Waals surface area contributed by atoms with Crippen LogP contribution >= 0.6 is 0 Å². The number of carbonyl (C=O) groups is 1. The van der Waals surface area contributed by atoms with E-state index in [0.717, 1.165) is 44.4 Å². The maximum atomic E-state index is 12.8. The second kappa shape index (κ2) is 9.65. The lowest BCUT2D eigenvalue weighted by atomic mass is 10.1. The van der Waals surface area contributed by atoms with Crippen LogP contribution in [0.2, 0.25) is 0 Å². The van der Waals surface area contributed by atoms with Crippen LogP contribution in [0.4, 0.5) is 0 Å². The van der Waals surface area contributed by atoms with E-state index in [2.05, 4.69) is 0 Å². The second-order valence-electron chi connectivity index (χ2n) is 6.01. The summed E-state index contributed by atoms with van der Waals surface area (Å²) >= 11 is 0. The Morgan fingerprint density at radius 2 is 2.09 bits per heavy atom. The van der Waals surface area contributed by atoms with E-state index in [1.165, 1.54) is 0 Å². The van der Waals surface area contributed by atoms with Gasteiger partial charge in [-0.2, -0.15) is 0 Å². The van der Waals surface area contributed by atoms with Gasteiger partial charge in [0, 0.05) is 33.4 Å². The smallest absolute Gasteiger partial charge is 0.252 e. The molecule has 128 valence electrons. The summed E-state index contributed by atoms with van der Waals surface area (Å²) in [6.07, 6.45) is 3.20. The van der Waals surface area contributed by atoms with Crippen molar-refractivity contribution in [3.05, 3.63) is 35.9 Å². The fourth-order valence-electron chi connectivity index (χ4n) is 2.88. The fourth-order valence-corrected chi connectivity index (χ4v) is 2.88. The molecule has 5 nitrogen and oxygen atoms in total. The first-order valence-corrected chi connectivity index (χ1v) is 8.41. The van der Waals surface area contributed by atoms with Crippen LogP contribution in [0.15, 0.2) is 30.3 Å². The van der Waals surface area contributed by atoms with Gasteiger partial charge in [-0.15, -0.1) is 0 Å². The summed E-state index contributed by atoms with van der Waals surface area (Å²) in [5.41, 5.74) is 6.79. The largest absolute Gasteiger partial charge is 0.385 e. The van der Waals surface area contributed by atoms with Gasteiger partial charge in [-0.25, -0.2) is 0 Å². The number of rotatable bonds is 9. The van der Waals surface area contributed by atoms with Crippen molar-refractivity contribution in [3.8, 4) is 0 Å². The van der Waals surface area contributed by atoms with Gasteiger partial charge in [-0.05, 0) is 31.2 Å². The molecule has 1 saturated heterocycles. The lowest BCUT2D eigenvalue weighted by Gasteiger charge is -2.26. The average molecular weight is 320 g/mol. The van der Waals surface area contributed by atoms with Crippen LogP contribution in [-0.2, 0) is 20.8 Å². The van der Waals surface area contributed by atoms with Gasteiger partial charge in [0.1, 0.15) is 6.10 Å². The van der Waals surface area contributed by atoms with E-state index in [4.69, 9.17) is 15.2 Å². The first-order chi connectivity index (χ1) is 11.2. The highest BCUT2D eigenvalue weighted by molar-refractivity contribution is 5.81. The molecule has 1 aromatic rings. The molecular weight excluding hydrogens is 292 g/mol. The average Bonchev–Trinajstić information content (AvgIpc) is 3.07. The minimum absolute atomic E-state index is 0.0241. The molecule has 2 N–H and O–H groups in total. The third-order valence-corrected chi connectivity index (χ3v) is 4.20. The number of unbranched alkanes of at least 4 members (excludes halogenated alkanes) is 1. The van der Waals surface area contributed by atoms with Gasteiger partial charge in [-0.1, -0.05) is 30.3 Å². The van der Waals surface area contributed by atoms with E-state index in [0.29, 0.717) is 13.1 Å². The minimum Gasteiger partial charge on any atom is -0.385 e. The molecule has 1 amide bonds. The van der Waals surface area contributed by atoms with Gasteiger partial charge in [0.2, 0.25) is 0 Å². The van der Waals surface area contributed by atoms with Gasteiger partial charge in [0.05, 0.1) is 6.10 Å². The van der Waals surface area contributed by atoms with E-state index in [-0.39, 0.29) is 18.1 Å². The van der Waals surface area contributed by atoms with E-state index < -0.39 is 0 Å². The molecule has 2 atom stereocenters. The molecule has 0 saturated carbocycles. The molecular formula is C18H28N2O3. The van der Waals surface area contributed by atoms with Crippen molar-refractivity contribution in [3.63, 3.8) is 0 Å². The van der Waals surface area contributed by atoms with Gasteiger partial charge in [-0.3, -0.25) is 4.79 Å². The highest BCUT2D eigenvalue weighted by atomic mass is 16.5. The molecule has 0 aliphatic carbocycles. The molecule has 0 radical (unpaired) electrons. The maximum Gasteiger partial charge on any atom is 0.252 e. The van der Waals surface area contributed by atoms with Crippen LogP contribution in [-0.4, -0.2) is 49.8 Å². The SMILES string of the molecule is COCCCCN(Cc1ccccc1)C(=O)[C@@H]1CC[C@H](CN)O1. The summed E-state index contributed by atoms with van der Waals surface area (Å²) < 4.78 is 10.9. The molecule has 1 heterocycles. The van der Waals surface area contributed by atoms with Crippen molar-refractivity contribution in [1.29, 1.82) is 0 Å². The first-order valence-electron chi connectivity index (χ1n) is 8.41. The lowest BCUT2D eigenvalue weighted by Crippen LogP contribution is -2.40. The van der Waals surface area contributed by atoms with Crippen molar-refractivity contribution >= 4 is 5.91 Å². The number of ether oxygens (including phenoxy) is 2. The molecule has 1 aliphatic heterocycles. The zero-order valence-corrected chi connectivity index (χ0v) is 13.9. The van der Waals surface area contributed by atoms with E-state index in [1.54, 1.807) is 7.11 Å². The Morgan fingerprint density at radius 1 is 1.30 bits per heavy atom. The Kier molecular flexibility index (Phi) is 7.52. The number of amides is 1. The van der Waals surface area contributed by atoms with Crippen molar-refractivity contribution < 1.29 is 14.3 Å². The number of methoxy groups -OCH3 is 1. The molecule has 0 aromatic heterocycles. The highest BCUT2D eigenvalue weighted by Gasteiger charge is 2.32. The number of nitrogens with two attached hydrogens (primary N) is 1. The minimum atomic E-state index is -0.338. The van der Waals surface area contributed by atoms with Crippen molar-refractivity contribution in [1.82, 2.24) is 4.90 Å². The van der Waals surface area contributed by atoms with Crippen molar-refractivity contribution in [2.24, 2.45) is 5.73 Å². The number of nitrogens with zero attached hydrogens (tertiary/aromatic N) is 1. The summed E-state index contributed by atoms with van der Waals surface area (Å²) in [7, 11) is 1.70. The normalized spacial score (nSPS) is 20.6. The van der Waals surface area contributed by atoms with Gasteiger partial charge < -0.3 is 20.1 Å². The summed E-state index contributed by atoms with van der Waals surface area (Å²) in [5.74, 6) is 0.0854. The third-order valence-electron chi connectivity index (χ3n) is 4.20. The zero-order valence-electron chi connectivity index (χ0n) is 13.9. The Bertz CT molecular complexity index is 467. The van der Waals surface area contributed by atoms with E-state index in [9.17, 15) is 4.79 Å². The van der Waals surface area contributed by atoms with Gasteiger partial charge >= 0.3 is 0 Å². The monoisotopic (exact) mass is 320 g/mol. The summed E-state index contributed by atoms with van der Waals surface area (Å²) in [4.78, 5) is 14.7. The molecule has 1 aliphatic rings. The van der Waals surface area contributed by atoms with Crippen molar-refractivity contribution in [2.45, 2.75) is 44.4 Å². The first kappa shape index (κ1) is 17.9. The summed E-state index contributed by atoms with van der Waals surface area (Å²) in [6.45, 7) is 2.56. The van der Waals surface area contributed by atoms with E-state index in [1.807, 2.05) is 35.2 Å². The third kappa shape index (κ3) is 5.61. The molecule has 0 unspecified atom stereocenters. The Morgan fingerprint density at radius 3 is 2.74 bits per heavy atom. The maximum absolute atomic E-state index is 12.8. The standard InChI is InChI=1S/C18H28N2O3/c1-22-12-6-5-11-20(14-15-7-3-2-4-8-15)18(21)17-10-9-16(13-19)23-17/h2-4,7-8,16-17H,5-6,9-14,19H2,1H3/t16-,17+/m1/s1. The number of carbonyl (C=O) groups excluding carboxylic acids is 1. The van der Waals surface area contributed by atoms with Crippen LogP contribution in [0.1, 0.15) is 31.2 Å². The van der Waals surface area contributed by atoms with Crippen LogP contribution in [0.25, 0.3) is 0 Å². The van der Waals surface area contributed by atoms with Crippen LogP contribution in [0.3, 0.4) is 0 Å². The fraction of sp³-hybridized carbons (Fsp3) is 0.611. The van der Waals surface area contributed by atoms with E-state index >= 15 is 0 Å². The van der Waals surface area contributed by atoms with Crippen LogP contribution in [0.5, 0.6) is 0 Å². The lowest BCUT2D eigenvalue weighted by molar-refractivity contribution is -0.143. The molecule has 23 heavy (non-hydrogen) atoms. The molecule has 0 bridgehead atoms.